The van der Waals surface area contributed by atoms with Crippen molar-refractivity contribution in [3.8, 4) is 0 Å². The van der Waals surface area contributed by atoms with Crippen LogP contribution in [0.4, 0.5) is 0 Å². The van der Waals surface area contributed by atoms with Crippen LogP contribution >= 0.6 is 31.9 Å². The second kappa shape index (κ2) is 6.57. The van der Waals surface area contributed by atoms with Gasteiger partial charge < -0.3 is 4.98 Å². The molecule has 0 radical (unpaired) electrons. The number of H-pyrrole nitrogens is 1. The Morgan fingerprint density at radius 3 is 2.70 bits per heavy atom. The molecule has 1 atom stereocenters. The Labute approximate surface area is 173 Å². The quantitative estimate of drug-likeness (QED) is 0.498. The lowest BCUT2D eigenvalue weighted by molar-refractivity contribution is -0.113. The fourth-order valence-electron chi connectivity index (χ4n) is 4.14. The fraction of sp³-hybridized carbons (Fsp3) is 0.182. The Hall–Kier alpha value is -1.98. The minimum absolute atomic E-state index is 0.126. The van der Waals surface area contributed by atoms with Gasteiger partial charge in [-0.1, -0.05) is 50.1 Å². The van der Waals surface area contributed by atoms with Crippen molar-refractivity contribution in [2.75, 3.05) is 6.54 Å². The third-order valence-electron chi connectivity index (χ3n) is 5.42. The Kier molecular flexibility index (Phi) is 4.17. The highest BCUT2D eigenvalue weighted by Crippen LogP contribution is 2.38. The van der Waals surface area contributed by atoms with E-state index in [1.165, 1.54) is 16.7 Å². The summed E-state index contributed by atoms with van der Waals surface area (Å²) >= 11 is 7.03. The van der Waals surface area contributed by atoms with Crippen LogP contribution in [0.3, 0.4) is 0 Å². The van der Waals surface area contributed by atoms with Gasteiger partial charge in [0.25, 0.3) is 0 Å². The molecule has 27 heavy (non-hydrogen) atoms. The van der Waals surface area contributed by atoms with E-state index in [0.29, 0.717) is 18.7 Å². The van der Waals surface area contributed by atoms with Gasteiger partial charge in [-0.15, -0.1) is 0 Å². The van der Waals surface area contributed by atoms with Crippen LogP contribution in [0.2, 0.25) is 0 Å². The standard InChI is InChI=1S/C22H16Br2N2O/c23-14-2-5-16-12(7-14)1-4-17(16)13-8-21(27)22(26-10-13)19-11-25-20-9-15(24)3-6-18(19)20/h2-7,9,11,13,25H,1,8,10H2. The smallest absolute Gasteiger partial charge is 0.182 e. The van der Waals surface area contributed by atoms with Crippen LogP contribution in [-0.2, 0) is 11.2 Å². The molecule has 3 aromatic rings. The van der Waals surface area contributed by atoms with Gasteiger partial charge >= 0.3 is 0 Å². The summed E-state index contributed by atoms with van der Waals surface area (Å²) in [7, 11) is 0. The molecule has 1 aromatic heterocycles. The van der Waals surface area contributed by atoms with Gasteiger partial charge in [-0.05, 0) is 47.4 Å². The molecular weight excluding hydrogens is 468 g/mol. The van der Waals surface area contributed by atoms with E-state index in [1.807, 2.05) is 24.4 Å². The second-order valence-electron chi connectivity index (χ2n) is 7.07. The number of aromatic amines is 1. The molecule has 1 N–H and O–H groups in total. The second-order valence-corrected chi connectivity index (χ2v) is 8.90. The number of halogens is 2. The first-order chi connectivity index (χ1) is 13.1. The molecule has 0 fully saturated rings. The van der Waals surface area contributed by atoms with Crippen molar-refractivity contribution in [1.82, 2.24) is 4.98 Å². The number of hydrogen-bond acceptors (Lipinski definition) is 2. The summed E-state index contributed by atoms with van der Waals surface area (Å²) < 4.78 is 2.11. The van der Waals surface area contributed by atoms with Gasteiger partial charge in [0.1, 0.15) is 5.71 Å². The van der Waals surface area contributed by atoms with Crippen molar-refractivity contribution < 1.29 is 4.79 Å². The molecule has 0 bridgehead atoms. The number of nitrogens with one attached hydrogen (secondary N) is 1. The van der Waals surface area contributed by atoms with Gasteiger partial charge in [0.15, 0.2) is 5.78 Å². The zero-order valence-corrected chi connectivity index (χ0v) is 17.6. The molecule has 0 amide bonds. The van der Waals surface area contributed by atoms with E-state index in [4.69, 9.17) is 4.99 Å². The Morgan fingerprint density at radius 1 is 1.04 bits per heavy atom. The number of carbonyl (C=O) groups excluding carboxylic acids is 1. The topological polar surface area (TPSA) is 45.2 Å². The SMILES string of the molecule is O=C1CC(C2=CCc3cc(Br)ccc32)CN=C1c1c[nH]c2cc(Br)ccc12. The highest BCUT2D eigenvalue weighted by atomic mass is 79.9. The average molecular weight is 484 g/mol. The molecule has 5 rings (SSSR count). The molecule has 2 aliphatic rings. The van der Waals surface area contributed by atoms with Gasteiger partial charge in [0, 0.05) is 50.5 Å². The molecule has 134 valence electrons. The summed E-state index contributed by atoms with van der Waals surface area (Å²) in [6.45, 7) is 0.658. The third kappa shape index (κ3) is 2.93. The lowest BCUT2D eigenvalue weighted by atomic mass is 9.85. The summed E-state index contributed by atoms with van der Waals surface area (Å²) in [6, 6.07) is 12.4. The van der Waals surface area contributed by atoms with E-state index >= 15 is 0 Å². The fourth-order valence-corrected chi connectivity index (χ4v) is 4.91. The van der Waals surface area contributed by atoms with Gasteiger partial charge in [-0.3, -0.25) is 9.79 Å². The summed E-state index contributed by atoms with van der Waals surface area (Å²) in [5.74, 6) is 0.296. The van der Waals surface area contributed by atoms with Crippen LogP contribution in [0.5, 0.6) is 0 Å². The minimum Gasteiger partial charge on any atom is -0.360 e. The van der Waals surface area contributed by atoms with Crippen LogP contribution in [0.1, 0.15) is 23.1 Å². The zero-order valence-electron chi connectivity index (χ0n) is 14.4. The number of aliphatic imine (C=N–C) groups is 1. The number of Topliss-reactive ketones (excluding diaryl/α,β-unsaturated/α-hetero) is 1. The summed E-state index contributed by atoms with van der Waals surface area (Å²) in [5, 5.41) is 1.04. The van der Waals surface area contributed by atoms with Crippen LogP contribution in [-0.4, -0.2) is 23.0 Å². The molecule has 1 aliphatic heterocycles. The van der Waals surface area contributed by atoms with Gasteiger partial charge in [-0.2, -0.15) is 0 Å². The number of allylic oxidation sites excluding steroid dienone is 1. The molecule has 1 unspecified atom stereocenters. The van der Waals surface area contributed by atoms with E-state index in [1.54, 1.807) is 0 Å². The molecular formula is C22H16Br2N2O. The van der Waals surface area contributed by atoms with E-state index in [-0.39, 0.29) is 11.7 Å². The van der Waals surface area contributed by atoms with E-state index in [0.717, 1.165) is 31.8 Å². The predicted octanol–water partition coefficient (Wildman–Crippen LogP) is 5.71. The van der Waals surface area contributed by atoms with E-state index in [2.05, 4.69) is 61.1 Å². The highest BCUT2D eigenvalue weighted by Gasteiger charge is 2.30. The summed E-state index contributed by atoms with van der Waals surface area (Å²) in [5.41, 5.74) is 6.39. The van der Waals surface area contributed by atoms with Crippen LogP contribution in [0, 0.1) is 5.92 Å². The van der Waals surface area contributed by atoms with Crippen LogP contribution < -0.4 is 0 Å². The van der Waals surface area contributed by atoms with Crippen molar-refractivity contribution in [2.45, 2.75) is 12.8 Å². The van der Waals surface area contributed by atoms with Gasteiger partial charge in [0.05, 0.1) is 0 Å². The number of nitrogens with zero attached hydrogens (tertiary/aromatic N) is 1. The van der Waals surface area contributed by atoms with E-state index in [9.17, 15) is 4.79 Å². The normalized spacial score (nSPS) is 19.2. The average Bonchev–Trinajstić information content (AvgIpc) is 3.25. The Morgan fingerprint density at radius 2 is 1.85 bits per heavy atom. The Bertz CT molecular complexity index is 1160. The maximum absolute atomic E-state index is 12.9. The molecule has 2 heterocycles. The van der Waals surface area contributed by atoms with Gasteiger partial charge in [0.2, 0.25) is 0 Å². The lowest BCUT2D eigenvalue weighted by Crippen LogP contribution is -2.27. The molecule has 5 heteroatoms. The molecule has 0 spiro atoms. The van der Waals surface area contributed by atoms with E-state index < -0.39 is 0 Å². The molecule has 0 saturated carbocycles. The van der Waals surface area contributed by atoms with Crippen LogP contribution in [0.15, 0.2) is 62.6 Å². The van der Waals surface area contributed by atoms with Crippen LogP contribution in [0.25, 0.3) is 16.5 Å². The van der Waals surface area contributed by atoms with Gasteiger partial charge in [-0.25, -0.2) is 0 Å². The first-order valence-electron chi connectivity index (χ1n) is 8.93. The third-order valence-corrected chi connectivity index (χ3v) is 6.41. The molecule has 1 aliphatic carbocycles. The van der Waals surface area contributed by atoms with Crippen molar-refractivity contribution in [1.29, 1.82) is 0 Å². The highest BCUT2D eigenvalue weighted by molar-refractivity contribution is 9.10. The van der Waals surface area contributed by atoms with Crippen molar-refractivity contribution in [3.05, 3.63) is 74.3 Å². The number of hydrogen-bond donors (Lipinski definition) is 1. The number of ketones is 1. The van der Waals surface area contributed by atoms with Crippen molar-refractivity contribution in [2.24, 2.45) is 10.9 Å². The summed E-state index contributed by atoms with van der Waals surface area (Å²) in [4.78, 5) is 20.9. The molecule has 3 nitrogen and oxygen atoms in total. The number of fused-ring (bicyclic) bond motifs is 2. The molecule has 0 saturated heterocycles. The maximum Gasteiger partial charge on any atom is 0.182 e. The first-order valence-corrected chi connectivity index (χ1v) is 10.5. The Balaban J connectivity index is 1.46. The number of carbonyl (C=O) groups is 1. The minimum atomic E-state index is 0.126. The zero-order chi connectivity index (χ0) is 18.5. The maximum atomic E-state index is 12.9. The predicted molar refractivity (Wildman–Crippen MR) is 116 cm³/mol. The van der Waals surface area contributed by atoms with Crippen molar-refractivity contribution >= 4 is 59.8 Å². The molecule has 2 aromatic carbocycles. The monoisotopic (exact) mass is 482 g/mol. The van der Waals surface area contributed by atoms with Crippen molar-refractivity contribution in [3.63, 3.8) is 0 Å². The summed E-state index contributed by atoms with van der Waals surface area (Å²) in [6.07, 6.45) is 5.61. The number of rotatable bonds is 2. The number of benzene rings is 2. The lowest BCUT2D eigenvalue weighted by Gasteiger charge is -2.22. The number of aromatic nitrogens is 1. The first kappa shape index (κ1) is 17.1. The largest absolute Gasteiger partial charge is 0.360 e.